The van der Waals surface area contributed by atoms with E-state index in [2.05, 4.69) is 19.1 Å². The Labute approximate surface area is 242 Å². The van der Waals surface area contributed by atoms with Gasteiger partial charge in [-0.1, -0.05) is 99.7 Å². The molecule has 216 valence electrons. The zero-order valence-corrected chi connectivity index (χ0v) is 23.6. The predicted molar refractivity (Wildman–Crippen MR) is 160 cm³/mol. The second-order valence-electron chi connectivity index (χ2n) is 10.1. The summed E-state index contributed by atoms with van der Waals surface area (Å²) < 4.78 is 5.14. The molecule has 0 fully saturated rings. The summed E-state index contributed by atoms with van der Waals surface area (Å²) in [5, 5.41) is 18.6. The highest BCUT2D eigenvalue weighted by atomic mass is 16.5. The molecule has 3 aromatic carbocycles. The molecule has 41 heavy (non-hydrogen) atoms. The third kappa shape index (κ3) is 11.0. The summed E-state index contributed by atoms with van der Waals surface area (Å²) in [5.41, 5.74) is 3.57. The van der Waals surface area contributed by atoms with E-state index >= 15 is 0 Å². The molecule has 0 heterocycles. The lowest BCUT2D eigenvalue weighted by Crippen LogP contribution is -2.28. The quantitative estimate of drug-likeness (QED) is 0.137. The molecular formula is C34H39NO6. The van der Waals surface area contributed by atoms with E-state index in [0.717, 1.165) is 24.0 Å². The van der Waals surface area contributed by atoms with Crippen molar-refractivity contribution in [1.82, 2.24) is 4.90 Å². The van der Waals surface area contributed by atoms with Gasteiger partial charge in [-0.3, -0.25) is 4.79 Å². The van der Waals surface area contributed by atoms with Crippen LogP contribution in [0.25, 0.3) is 6.08 Å². The normalized spacial score (nSPS) is 11.0. The minimum Gasteiger partial charge on any atom is -0.481 e. The first kappa shape index (κ1) is 31.1. The number of carboxylic acid groups (broad SMARTS) is 2. The highest BCUT2D eigenvalue weighted by molar-refractivity contribution is 5.92. The van der Waals surface area contributed by atoms with Crippen molar-refractivity contribution >= 4 is 23.9 Å². The van der Waals surface area contributed by atoms with Crippen LogP contribution < -0.4 is 4.74 Å². The minimum absolute atomic E-state index is 0.0357. The van der Waals surface area contributed by atoms with E-state index in [-0.39, 0.29) is 23.8 Å². The van der Waals surface area contributed by atoms with Gasteiger partial charge in [0.1, 0.15) is 11.3 Å². The molecule has 0 aromatic heterocycles. The van der Waals surface area contributed by atoms with E-state index < -0.39 is 18.5 Å². The van der Waals surface area contributed by atoms with Crippen LogP contribution in [0.3, 0.4) is 0 Å². The maximum atomic E-state index is 13.3. The maximum absolute atomic E-state index is 13.3. The van der Waals surface area contributed by atoms with Gasteiger partial charge < -0.3 is 19.8 Å². The van der Waals surface area contributed by atoms with Crippen LogP contribution in [-0.4, -0.2) is 39.6 Å². The molecule has 0 aliphatic rings. The van der Waals surface area contributed by atoms with E-state index in [9.17, 15) is 19.5 Å². The first-order valence-electron chi connectivity index (χ1n) is 14.2. The van der Waals surface area contributed by atoms with E-state index in [4.69, 9.17) is 9.84 Å². The summed E-state index contributed by atoms with van der Waals surface area (Å²) >= 11 is 0. The van der Waals surface area contributed by atoms with Crippen LogP contribution in [-0.2, 0) is 29.1 Å². The van der Waals surface area contributed by atoms with Crippen molar-refractivity contribution in [1.29, 1.82) is 0 Å². The van der Waals surface area contributed by atoms with Crippen molar-refractivity contribution in [3.63, 3.8) is 0 Å². The fourth-order valence-electron chi connectivity index (χ4n) is 4.52. The van der Waals surface area contributed by atoms with Gasteiger partial charge in [0.05, 0.1) is 0 Å². The fourth-order valence-corrected chi connectivity index (χ4v) is 4.52. The number of carboxylic acids is 2. The average Bonchev–Trinajstić information content (AvgIpc) is 2.97. The van der Waals surface area contributed by atoms with Crippen molar-refractivity contribution in [2.24, 2.45) is 0 Å². The van der Waals surface area contributed by atoms with Gasteiger partial charge in [0.25, 0.3) is 0 Å². The van der Waals surface area contributed by atoms with E-state index in [1.54, 1.807) is 17.0 Å². The summed E-state index contributed by atoms with van der Waals surface area (Å²) in [6, 6.07) is 22.3. The molecule has 2 N–H and O–H groups in total. The Balaban J connectivity index is 1.75. The topological polar surface area (TPSA) is 104 Å². The maximum Gasteiger partial charge on any atom is 0.341 e. The van der Waals surface area contributed by atoms with Gasteiger partial charge in [0.15, 0.2) is 6.61 Å². The van der Waals surface area contributed by atoms with Crippen molar-refractivity contribution in [2.45, 2.75) is 65.0 Å². The van der Waals surface area contributed by atoms with Gasteiger partial charge in [-0.05, 0) is 53.3 Å². The van der Waals surface area contributed by atoms with Gasteiger partial charge >= 0.3 is 11.9 Å². The van der Waals surface area contributed by atoms with Gasteiger partial charge in [0, 0.05) is 19.2 Å². The van der Waals surface area contributed by atoms with Crippen LogP contribution in [0.1, 0.15) is 78.1 Å². The molecule has 1 amide bonds. The van der Waals surface area contributed by atoms with Crippen LogP contribution >= 0.6 is 0 Å². The number of aliphatic carboxylic acids is 1. The number of hydrogen-bond acceptors (Lipinski definition) is 4. The Morgan fingerprint density at radius 3 is 2.10 bits per heavy atom. The van der Waals surface area contributed by atoms with Crippen LogP contribution in [0.15, 0.2) is 78.9 Å². The molecule has 0 radical (unpaired) electrons. The van der Waals surface area contributed by atoms with Crippen LogP contribution in [0.4, 0.5) is 0 Å². The molecule has 0 unspecified atom stereocenters. The number of amides is 1. The molecular weight excluding hydrogens is 518 g/mol. The van der Waals surface area contributed by atoms with E-state index in [1.165, 1.54) is 55.9 Å². The second kappa shape index (κ2) is 16.7. The van der Waals surface area contributed by atoms with Crippen LogP contribution in [0, 0.1) is 0 Å². The first-order valence-corrected chi connectivity index (χ1v) is 14.2. The molecule has 7 nitrogen and oxygen atoms in total. The number of ether oxygens (including phenoxy) is 1. The van der Waals surface area contributed by atoms with E-state index in [0.29, 0.717) is 12.1 Å². The third-order valence-corrected chi connectivity index (χ3v) is 6.74. The largest absolute Gasteiger partial charge is 0.481 e. The standard InChI is InChI=1S/C34H39NO6/c1-2-3-4-5-6-8-13-27-14-16-28(17-15-27)23-35(32(36)21-19-26-11-9-7-10-12-26)24-29-18-20-31(41-25-33(37)38)30(22-29)34(39)40/h7,9-12,14-22H,2-6,8,13,23-25H2,1H3,(H,37,38)(H,39,40)/b21-19+. The van der Waals surface area contributed by atoms with Crippen molar-refractivity contribution < 1.29 is 29.3 Å². The van der Waals surface area contributed by atoms with Gasteiger partial charge in [0.2, 0.25) is 5.91 Å². The van der Waals surface area contributed by atoms with Crippen LogP contribution in [0.2, 0.25) is 0 Å². The predicted octanol–water partition coefficient (Wildman–Crippen LogP) is 6.99. The first-order chi connectivity index (χ1) is 19.9. The number of benzene rings is 3. The molecule has 0 bridgehead atoms. The lowest BCUT2D eigenvalue weighted by Gasteiger charge is -2.22. The van der Waals surface area contributed by atoms with Gasteiger partial charge in [-0.25, -0.2) is 9.59 Å². The van der Waals surface area contributed by atoms with Gasteiger partial charge in [-0.2, -0.15) is 0 Å². The Bertz CT molecular complexity index is 1300. The Morgan fingerprint density at radius 2 is 1.41 bits per heavy atom. The molecule has 0 spiro atoms. The summed E-state index contributed by atoms with van der Waals surface area (Å²) in [4.78, 5) is 37.7. The lowest BCUT2D eigenvalue weighted by molar-refractivity contribution is -0.139. The summed E-state index contributed by atoms with van der Waals surface area (Å²) in [5.74, 6) is -2.69. The molecule has 7 heteroatoms. The number of aromatic carboxylic acids is 1. The smallest absolute Gasteiger partial charge is 0.341 e. The number of carbonyl (C=O) groups excluding carboxylic acids is 1. The number of rotatable bonds is 17. The van der Waals surface area contributed by atoms with Crippen LogP contribution in [0.5, 0.6) is 5.75 Å². The number of unbranched alkanes of at least 4 members (excludes halogenated alkanes) is 5. The second-order valence-corrected chi connectivity index (χ2v) is 10.1. The van der Waals surface area contributed by atoms with Crippen molar-refractivity contribution in [2.75, 3.05) is 6.61 Å². The summed E-state index contributed by atoms with van der Waals surface area (Å²) in [7, 11) is 0. The zero-order valence-electron chi connectivity index (χ0n) is 23.6. The molecule has 0 atom stereocenters. The molecule has 3 rings (SSSR count). The highest BCUT2D eigenvalue weighted by Gasteiger charge is 2.17. The number of nitrogens with zero attached hydrogens (tertiary/aromatic N) is 1. The number of hydrogen-bond donors (Lipinski definition) is 2. The average molecular weight is 558 g/mol. The summed E-state index contributed by atoms with van der Waals surface area (Å²) in [6.07, 6.45) is 11.8. The lowest BCUT2D eigenvalue weighted by atomic mass is 10.0. The Morgan fingerprint density at radius 1 is 0.780 bits per heavy atom. The SMILES string of the molecule is CCCCCCCCc1ccc(CN(Cc2ccc(OCC(=O)O)c(C(=O)O)c2)C(=O)/C=C/c2ccccc2)cc1. The third-order valence-electron chi connectivity index (χ3n) is 6.74. The fraction of sp³-hybridized carbons (Fsp3) is 0.324. The Hall–Kier alpha value is -4.39. The molecule has 0 aliphatic carbocycles. The summed E-state index contributed by atoms with van der Waals surface area (Å²) in [6.45, 7) is 2.08. The van der Waals surface area contributed by atoms with Crippen molar-refractivity contribution in [3.8, 4) is 5.75 Å². The monoisotopic (exact) mass is 557 g/mol. The minimum atomic E-state index is -1.24. The molecule has 3 aromatic rings. The number of aryl methyl sites for hydroxylation is 1. The number of carbonyl (C=O) groups is 3. The molecule has 0 saturated carbocycles. The molecule has 0 saturated heterocycles. The zero-order chi connectivity index (χ0) is 29.5. The van der Waals surface area contributed by atoms with Crippen molar-refractivity contribution in [3.05, 3.63) is 107 Å². The van der Waals surface area contributed by atoms with Gasteiger partial charge in [-0.15, -0.1) is 0 Å². The van der Waals surface area contributed by atoms with E-state index in [1.807, 2.05) is 42.5 Å². The Kier molecular flexibility index (Phi) is 12.6. The molecule has 0 aliphatic heterocycles. The highest BCUT2D eigenvalue weighted by Crippen LogP contribution is 2.22.